The van der Waals surface area contributed by atoms with Crippen molar-refractivity contribution in [3.63, 3.8) is 0 Å². The van der Waals surface area contributed by atoms with Gasteiger partial charge in [-0.25, -0.2) is 0 Å². The smallest absolute Gasteiger partial charge is 0.244 e. The maximum absolute atomic E-state index is 5.57. The molecule has 0 fully saturated rings. The Hall–Kier alpha value is -0.900. The van der Waals surface area contributed by atoms with Crippen LogP contribution in [0.5, 0.6) is 0 Å². The zero-order valence-corrected chi connectivity index (χ0v) is 8.54. The van der Waals surface area contributed by atoms with Gasteiger partial charge >= 0.3 is 0 Å². The Balaban J connectivity index is 2.45. The summed E-state index contributed by atoms with van der Waals surface area (Å²) in [7, 11) is 0. The number of aromatic nitrogens is 3. The Bertz CT molecular complexity index is 266. The Morgan fingerprint density at radius 1 is 1.62 bits per heavy atom. The van der Waals surface area contributed by atoms with Crippen molar-refractivity contribution in [2.45, 2.75) is 20.3 Å². The number of nitrogens with zero attached hydrogens (tertiary/aromatic N) is 3. The van der Waals surface area contributed by atoms with E-state index in [4.69, 9.17) is 11.6 Å². The highest BCUT2D eigenvalue weighted by Crippen LogP contribution is 2.06. The van der Waals surface area contributed by atoms with Gasteiger partial charge in [0.15, 0.2) is 0 Å². The van der Waals surface area contributed by atoms with Crippen LogP contribution in [0.1, 0.15) is 20.3 Å². The van der Waals surface area contributed by atoms with E-state index in [1.165, 1.54) is 0 Å². The van der Waals surface area contributed by atoms with Gasteiger partial charge in [0.05, 0.1) is 6.20 Å². The van der Waals surface area contributed by atoms with Crippen LogP contribution in [0.15, 0.2) is 6.20 Å². The van der Waals surface area contributed by atoms with Crippen LogP contribution in [0.4, 0.5) is 5.82 Å². The van der Waals surface area contributed by atoms with Gasteiger partial charge in [-0.2, -0.15) is 10.1 Å². The SMILES string of the molecule is CCC(C)CNc1cnnc(Cl)n1. The molecule has 1 N–H and O–H groups in total. The Labute approximate surface area is 82.7 Å². The number of rotatable bonds is 4. The van der Waals surface area contributed by atoms with Crippen LogP contribution in [-0.2, 0) is 0 Å². The van der Waals surface area contributed by atoms with Crippen LogP contribution in [0.2, 0.25) is 5.28 Å². The van der Waals surface area contributed by atoms with Crippen molar-refractivity contribution in [1.29, 1.82) is 0 Å². The number of halogens is 1. The van der Waals surface area contributed by atoms with E-state index in [2.05, 4.69) is 34.3 Å². The van der Waals surface area contributed by atoms with Crippen molar-refractivity contribution in [1.82, 2.24) is 15.2 Å². The minimum atomic E-state index is 0.175. The van der Waals surface area contributed by atoms with Crippen LogP contribution in [0.25, 0.3) is 0 Å². The molecule has 72 valence electrons. The van der Waals surface area contributed by atoms with Crippen LogP contribution < -0.4 is 5.32 Å². The molecule has 1 rings (SSSR count). The second-order valence-corrected chi connectivity index (χ2v) is 3.34. The minimum Gasteiger partial charge on any atom is -0.368 e. The van der Waals surface area contributed by atoms with Crippen LogP contribution in [0.3, 0.4) is 0 Å². The first-order valence-electron chi connectivity index (χ1n) is 4.31. The lowest BCUT2D eigenvalue weighted by molar-refractivity contribution is 0.592. The Morgan fingerprint density at radius 3 is 3.00 bits per heavy atom. The number of nitrogens with one attached hydrogen (secondary N) is 1. The first kappa shape index (κ1) is 10.2. The third kappa shape index (κ3) is 3.55. The maximum atomic E-state index is 5.57. The zero-order chi connectivity index (χ0) is 9.68. The molecule has 0 amide bonds. The van der Waals surface area contributed by atoms with Crippen LogP contribution >= 0.6 is 11.6 Å². The van der Waals surface area contributed by atoms with E-state index in [0.717, 1.165) is 13.0 Å². The predicted molar refractivity (Wildman–Crippen MR) is 52.8 cm³/mol. The van der Waals surface area contributed by atoms with E-state index in [9.17, 15) is 0 Å². The molecule has 0 aliphatic rings. The van der Waals surface area contributed by atoms with E-state index in [-0.39, 0.29) is 5.28 Å². The van der Waals surface area contributed by atoms with E-state index < -0.39 is 0 Å². The molecule has 1 heterocycles. The summed E-state index contributed by atoms with van der Waals surface area (Å²) in [6.07, 6.45) is 2.70. The lowest BCUT2D eigenvalue weighted by atomic mass is 10.1. The summed E-state index contributed by atoms with van der Waals surface area (Å²) in [4.78, 5) is 3.96. The van der Waals surface area contributed by atoms with Crippen molar-refractivity contribution in [3.8, 4) is 0 Å². The molecule has 0 aliphatic heterocycles. The van der Waals surface area contributed by atoms with E-state index in [0.29, 0.717) is 11.7 Å². The third-order valence-corrected chi connectivity index (χ3v) is 2.02. The predicted octanol–water partition coefficient (Wildman–Crippen LogP) is 1.98. The van der Waals surface area contributed by atoms with Gasteiger partial charge < -0.3 is 5.32 Å². The highest BCUT2D eigenvalue weighted by Gasteiger charge is 2.00. The van der Waals surface area contributed by atoms with Crippen molar-refractivity contribution < 1.29 is 0 Å². The topological polar surface area (TPSA) is 50.7 Å². The fraction of sp³-hybridized carbons (Fsp3) is 0.625. The van der Waals surface area contributed by atoms with Gasteiger partial charge in [0.25, 0.3) is 0 Å². The summed E-state index contributed by atoms with van der Waals surface area (Å²) < 4.78 is 0. The van der Waals surface area contributed by atoms with E-state index in [1.54, 1.807) is 6.20 Å². The number of hydrogen-bond donors (Lipinski definition) is 1. The monoisotopic (exact) mass is 200 g/mol. The number of anilines is 1. The summed E-state index contributed by atoms with van der Waals surface area (Å²) >= 11 is 5.57. The first-order chi connectivity index (χ1) is 6.22. The van der Waals surface area contributed by atoms with Gasteiger partial charge in [0, 0.05) is 6.54 Å². The maximum Gasteiger partial charge on any atom is 0.244 e. The summed E-state index contributed by atoms with van der Waals surface area (Å²) in [6.45, 7) is 5.20. The lowest BCUT2D eigenvalue weighted by Crippen LogP contribution is -2.11. The quantitative estimate of drug-likeness (QED) is 0.808. The highest BCUT2D eigenvalue weighted by atomic mass is 35.5. The molecule has 0 bridgehead atoms. The molecule has 13 heavy (non-hydrogen) atoms. The van der Waals surface area contributed by atoms with Gasteiger partial charge in [-0.15, -0.1) is 5.10 Å². The number of hydrogen-bond acceptors (Lipinski definition) is 4. The molecular weight excluding hydrogens is 188 g/mol. The van der Waals surface area contributed by atoms with Gasteiger partial charge in [0.2, 0.25) is 5.28 Å². The molecule has 1 aromatic heterocycles. The van der Waals surface area contributed by atoms with Gasteiger partial charge in [-0.1, -0.05) is 20.3 Å². The fourth-order valence-corrected chi connectivity index (χ4v) is 0.925. The lowest BCUT2D eigenvalue weighted by Gasteiger charge is -2.09. The van der Waals surface area contributed by atoms with Crippen LogP contribution in [-0.4, -0.2) is 21.7 Å². The highest BCUT2D eigenvalue weighted by molar-refractivity contribution is 6.28. The van der Waals surface area contributed by atoms with E-state index >= 15 is 0 Å². The normalized spacial score (nSPS) is 12.5. The summed E-state index contributed by atoms with van der Waals surface area (Å²) in [5.74, 6) is 1.30. The molecule has 0 aromatic carbocycles. The Kier molecular flexibility index (Phi) is 3.89. The molecule has 1 aromatic rings. The standard InChI is InChI=1S/C8H13ClN4/c1-3-6(2)4-10-7-5-11-13-8(9)12-7/h5-6H,3-4H2,1-2H3,(H,10,12,13). The second kappa shape index (κ2) is 4.97. The molecule has 4 nitrogen and oxygen atoms in total. The van der Waals surface area contributed by atoms with Gasteiger partial charge in [-0.3, -0.25) is 0 Å². The average Bonchev–Trinajstić information content (AvgIpc) is 2.14. The third-order valence-electron chi connectivity index (χ3n) is 1.86. The Morgan fingerprint density at radius 2 is 2.38 bits per heavy atom. The molecule has 0 radical (unpaired) electrons. The minimum absolute atomic E-state index is 0.175. The van der Waals surface area contributed by atoms with Crippen LogP contribution in [0, 0.1) is 5.92 Å². The molecule has 5 heteroatoms. The van der Waals surface area contributed by atoms with E-state index in [1.807, 2.05) is 0 Å². The first-order valence-corrected chi connectivity index (χ1v) is 4.69. The van der Waals surface area contributed by atoms with Crippen molar-refractivity contribution in [2.24, 2.45) is 5.92 Å². The molecule has 1 unspecified atom stereocenters. The second-order valence-electron chi connectivity index (χ2n) is 3.00. The van der Waals surface area contributed by atoms with Crippen molar-refractivity contribution in [2.75, 3.05) is 11.9 Å². The molecule has 0 saturated carbocycles. The molecule has 0 spiro atoms. The summed E-state index contributed by atoms with van der Waals surface area (Å²) in [5.41, 5.74) is 0. The zero-order valence-electron chi connectivity index (χ0n) is 7.79. The van der Waals surface area contributed by atoms with Gasteiger partial charge in [0.1, 0.15) is 5.82 Å². The fourth-order valence-electron chi connectivity index (χ4n) is 0.790. The average molecular weight is 201 g/mol. The largest absolute Gasteiger partial charge is 0.368 e. The molecule has 0 aliphatic carbocycles. The van der Waals surface area contributed by atoms with Crippen molar-refractivity contribution in [3.05, 3.63) is 11.5 Å². The summed E-state index contributed by atoms with van der Waals surface area (Å²) in [5, 5.41) is 10.5. The molecular formula is C8H13ClN4. The molecule has 0 saturated heterocycles. The molecule has 1 atom stereocenters. The van der Waals surface area contributed by atoms with Gasteiger partial charge in [-0.05, 0) is 17.5 Å². The van der Waals surface area contributed by atoms with Crippen molar-refractivity contribution >= 4 is 17.4 Å². The summed E-state index contributed by atoms with van der Waals surface area (Å²) in [6, 6.07) is 0.